The molecule has 1 saturated heterocycles. The summed E-state index contributed by atoms with van der Waals surface area (Å²) in [5, 5.41) is 6.66. The maximum Gasteiger partial charge on any atom is 0.326 e. The molecule has 3 N–H and O–H groups in total. The van der Waals surface area contributed by atoms with E-state index in [1.807, 2.05) is 11.4 Å². The van der Waals surface area contributed by atoms with Crippen LogP contribution in [0.5, 0.6) is 0 Å². The van der Waals surface area contributed by atoms with Gasteiger partial charge in [-0.25, -0.2) is 9.18 Å². The van der Waals surface area contributed by atoms with Crippen LogP contribution in [0.25, 0.3) is 0 Å². The number of benzene rings is 1. The lowest BCUT2D eigenvalue weighted by Crippen LogP contribution is -3.11. The highest BCUT2D eigenvalue weighted by molar-refractivity contribution is 7.10. The second-order valence-corrected chi connectivity index (χ2v) is 6.76. The summed E-state index contributed by atoms with van der Waals surface area (Å²) in [6.07, 6.45) is 2.11. The third-order valence-corrected chi connectivity index (χ3v) is 5.12. The van der Waals surface area contributed by atoms with Crippen molar-refractivity contribution in [2.45, 2.75) is 18.9 Å². The topological polar surface area (TPSA) is 62.6 Å². The van der Waals surface area contributed by atoms with E-state index in [1.165, 1.54) is 23.1 Å². The summed E-state index contributed by atoms with van der Waals surface area (Å²) in [5.41, 5.74) is 0.0489. The summed E-state index contributed by atoms with van der Waals surface area (Å²) in [4.78, 5) is 26.4. The Hall–Kier alpha value is -2.25. The van der Waals surface area contributed by atoms with Crippen molar-refractivity contribution in [3.05, 3.63) is 52.5 Å². The fourth-order valence-electron chi connectivity index (χ4n) is 3.05. The smallest absolute Gasteiger partial charge is 0.320 e. The molecular formula is C17H19FN3O2S+. The van der Waals surface area contributed by atoms with Gasteiger partial charge in [-0.1, -0.05) is 18.2 Å². The first-order valence-electron chi connectivity index (χ1n) is 7.87. The third-order valence-electron chi connectivity index (χ3n) is 4.13. The number of likely N-dealkylation sites (tertiary alicyclic amines) is 1. The van der Waals surface area contributed by atoms with E-state index in [0.29, 0.717) is 6.04 Å². The number of carbonyl (C=O) groups excluding carboxylic acids is 2. The van der Waals surface area contributed by atoms with Gasteiger partial charge >= 0.3 is 6.03 Å². The Bertz CT molecular complexity index is 720. The molecule has 7 heteroatoms. The summed E-state index contributed by atoms with van der Waals surface area (Å²) in [6, 6.07) is 9.53. The van der Waals surface area contributed by atoms with Crippen molar-refractivity contribution in [1.82, 2.24) is 5.32 Å². The van der Waals surface area contributed by atoms with Gasteiger partial charge in [0.05, 0.1) is 17.1 Å². The maximum absolute atomic E-state index is 13.5. The van der Waals surface area contributed by atoms with E-state index in [1.54, 1.807) is 17.4 Å². The van der Waals surface area contributed by atoms with Gasteiger partial charge in [0.2, 0.25) is 0 Å². The average molecular weight is 348 g/mol. The zero-order valence-electron chi connectivity index (χ0n) is 13.0. The second kappa shape index (κ2) is 7.55. The number of urea groups is 1. The Balaban J connectivity index is 1.53. The SMILES string of the molecule is O=C(C[NH+]1CCC[C@@H]1c1cccs1)NC(=O)Nc1ccccc1F. The van der Waals surface area contributed by atoms with Crippen molar-refractivity contribution >= 4 is 29.0 Å². The maximum atomic E-state index is 13.5. The minimum absolute atomic E-state index is 0.0489. The second-order valence-electron chi connectivity index (χ2n) is 5.78. The van der Waals surface area contributed by atoms with Crippen LogP contribution in [0.3, 0.4) is 0 Å². The Labute approximate surface area is 143 Å². The Morgan fingerprint density at radius 2 is 2.08 bits per heavy atom. The Morgan fingerprint density at radius 1 is 1.25 bits per heavy atom. The Kier molecular flexibility index (Phi) is 5.22. The van der Waals surface area contributed by atoms with Gasteiger partial charge in [-0.2, -0.15) is 0 Å². The largest absolute Gasteiger partial charge is 0.326 e. The van der Waals surface area contributed by atoms with E-state index < -0.39 is 11.8 Å². The monoisotopic (exact) mass is 348 g/mol. The lowest BCUT2D eigenvalue weighted by molar-refractivity contribution is -0.910. The van der Waals surface area contributed by atoms with Gasteiger partial charge in [-0.05, 0) is 23.6 Å². The van der Waals surface area contributed by atoms with Gasteiger partial charge in [0.15, 0.2) is 6.54 Å². The lowest BCUT2D eigenvalue weighted by Gasteiger charge is -2.19. The van der Waals surface area contributed by atoms with Gasteiger partial charge in [-0.15, -0.1) is 11.3 Å². The summed E-state index contributed by atoms with van der Waals surface area (Å²) >= 11 is 1.69. The Morgan fingerprint density at radius 3 is 2.83 bits per heavy atom. The molecule has 1 aliphatic heterocycles. The van der Waals surface area contributed by atoms with Crippen LogP contribution in [0.4, 0.5) is 14.9 Å². The molecule has 0 saturated carbocycles. The number of carbonyl (C=O) groups is 2. The highest BCUT2D eigenvalue weighted by Gasteiger charge is 2.32. The highest BCUT2D eigenvalue weighted by Crippen LogP contribution is 2.23. The molecule has 2 aromatic rings. The molecule has 24 heavy (non-hydrogen) atoms. The first-order chi connectivity index (χ1) is 11.6. The summed E-state index contributed by atoms with van der Waals surface area (Å²) in [6.45, 7) is 1.14. The number of nitrogens with one attached hydrogen (secondary N) is 3. The molecule has 1 aliphatic rings. The molecule has 2 heterocycles. The quantitative estimate of drug-likeness (QED) is 0.791. The molecule has 1 fully saturated rings. The minimum Gasteiger partial charge on any atom is -0.320 e. The lowest BCUT2D eigenvalue weighted by atomic mass is 10.2. The van der Waals surface area contributed by atoms with Gasteiger partial charge < -0.3 is 10.2 Å². The molecule has 0 radical (unpaired) electrons. The number of hydrogen-bond donors (Lipinski definition) is 3. The molecule has 3 amide bonds. The number of thiophene rings is 1. The van der Waals surface area contributed by atoms with Crippen LogP contribution >= 0.6 is 11.3 Å². The number of halogens is 1. The zero-order valence-corrected chi connectivity index (χ0v) is 13.9. The first kappa shape index (κ1) is 16.6. The van der Waals surface area contributed by atoms with Crippen molar-refractivity contribution in [3.63, 3.8) is 0 Å². The van der Waals surface area contributed by atoms with E-state index in [9.17, 15) is 14.0 Å². The van der Waals surface area contributed by atoms with Crippen LogP contribution in [-0.2, 0) is 4.79 Å². The highest BCUT2D eigenvalue weighted by atomic mass is 32.1. The minimum atomic E-state index is -0.712. The van der Waals surface area contributed by atoms with E-state index in [0.717, 1.165) is 24.3 Å². The molecule has 3 rings (SSSR count). The fraction of sp³-hybridized carbons (Fsp3) is 0.294. The van der Waals surface area contributed by atoms with Gasteiger partial charge in [-0.3, -0.25) is 10.1 Å². The molecule has 2 atom stereocenters. The van der Waals surface area contributed by atoms with E-state index in [4.69, 9.17) is 0 Å². The molecule has 1 aromatic heterocycles. The van der Waals surface area contributed by atoms with Crippen LogP contribution in [0.15, 0.2) is 41.8 Å². The van der Waals surface area contributed by atoms with Gasteiger partial charge in [0, 0.05) is 12.8 Å². The first-order valence-corrected chi connectivity index (χ1v) is 8.75. The number of rotatable bonds is 4. The van der Waals surface area contributed by atoms with Crippen molar-refractivity contribution in [2.24, 2.45) is 0 Å². The molecule has 0 spiro atoms. The van der Waals surface area contributed by atoms with Gasteiger partial charge in [0.25, 0.3) is 5.91 Å². The van der Waals surface area contributed by atoms with Crippen LogP contribution in [-0.4, -0.2) is 25.0 Å². The van der Waals surface area contributed by atoms with E-state index in [-0.39, 0.29) is 18.1 Å². The fourth-order valence-corrected chi connectivity index (χ4v) is 3.97. The number of imide groups is 1. The van der Waals surface area contributed by atoms with Crippen molar-refractivity contribution in [3.8, 4) is 0 Å². The summed E-state index contributed by atoms with van der Waals surface area (Å²) in [5.74, 6) is -0.898. The summed E-state index contributed by atoms with van der Waals surface area (Å²) in [7, 11) is 0. The normalized spacial score (nSPS) is 19.9. The number of quaternary nitrogens is 1. The van der Waals surface area contributed by atoms with Crippen molar-refractivity contribution < 1.29 is 18.9 Å². The number of hydrogen-bond acceptors (Lipinski definition) is 3. The molecular weight excluding hydrogens is 329 g/mol. The number of anilines is 1. The summed E-state index contributed by atoms with van der Waals surface area (Å²) < 4.78 is 13.5. The molecule has 5 nitrogen and oxygen atoms in total. The third kappa shape index (κ3) is 3.98. The standard InChI is InChI=1S/C17H18FN3O2S/c18-12-5-1-2-6-13(12)19-17(23)20-16(22)11-21-9-3-7-14(21)15-8-4-10-24-15/h1-2,4-6,8,10,14H,3,7,9,11H2,(H2,19,20,22,23)/p+1/t14-/m1/s1. The molecule has 0 bridgehead atoms. The number of amides is 3. The van der Waals surface area contributed by atoms with Crippen LogP contribution in [0.2, 0.25) is 0 Å². The van der Waals surface area contributed by atoms with Gasteiger partial charge in [0.1, 0.15) is 11.9 Å². The van der Waals surface area contributed by atoms with Crippen molar-refractivity contribution in [1.29, 1.82) is 0 Å². The number of para-hydroxylation sites is 1. The van der Waals surface area contributed by atoms with E-state index in [2.05, 4.69) is 16.7 Å². The molecule has 1 aromatic carbocycles. The molecule has 126 valence electrons. The predicted molar refractivity (Wildman–Crippen MR) is 90.6 cm³/mol. The van der Waals surface area contributed by atoms with Crippen LogP contribution < -0.4 is 15.5 Å². The van der Waals surface area contributed by atoms with E-state index >= 15 is 0 Å². The zero-order chi connectivity index (χ0) is 16.9. The van der Waals surface area contributed by atoms with Crippen molar-refractivity contribution in [2.75, 3.05) is 18.4 Å². The molecule has 1 unspecified atom stereocenters. The predicted octanol–water partition coefficient (Wildman–Crippen LogP) is 1.96. The van der Waals surface area contributed by atoms with Crippen LogP contribution in [0.1, 0.15) is 23.8 Å². The average Bonchev–Trinajstić information content (AvgIpc) is 3.20. The molecule has 0 aliphatic carbocycles. The van der Waals surface area contributed by atoms with Crippen LogP contribution in [0, 0.1) is 5.82 Å².